The van der Waals surface area contributed by atoms with Crippen LogP contribution in [-0.4, -0.2) is 20.0 Å². The highest BCUT2D eigenvalue weighted by Gasteiger charge is 2.19. The van der Waals surface area contributed by atoms with Crippen molar-refractivity contribution in [2.24, 2.45) is 0 Å². The molecule has 0 radical (unpaired) electrons. The van der Waals surface area contributed by atoms with Crippen LogP contribution in [0.4, 0.5) is 0 Å². The summed E-state index contributed by atoms with van der Waals surface area (Å²) in [5.41, 5.74) is 1.55. The van der Waals surface area contributed by atoms with Crippen molar-refractivity contribution in [1.29, 1.82) is 0 Å². The molecular weight excluding hydrogens is 262 g/mol. The van der Waals surface area contributed by atoms with E-state index >= 15 is 0 Å². The second kappa shape index (κ2) is 3.86. The van der Waals surface area contributed by atoms with E-state index in [9.17, 15) is 4.79 Å². The summed E-state index contributed by atoms with van der Waals surface area (Å²) in [6, 6.07) is 7.63. The number of nitrogens with one attached hydrogen (secondary N) is 2. The van der Waals surface area contributed by atoms with E-state index in [4.69, 9.17) is 0 Å². The smallest absolute Gasteiger partial charge is 0.297 e. The summed E-state index contributed by atoms with van der Waals surface area (Å²) >= 11 is 1.52. The Morgan fingerprint density at radius 1 is 1.26 bits per heavy atom. The molecule has 0 fully saturated rings. The first kappa shape index (κ1) is 10.6. The van der Waals surface area contributed by atoms with Gasteiger partial charge in [-0.05, 0) is 11.5 Å². The molecule has 4 rings (SSSR count). The van der Waals surface area contributed by atoms with Gasteiger partial charge in [0.15, 0.2) is 11.0 Å². The number of fused-ring (bicyclic) bond motifs is 3. The average molecular weight is 271 g/mol. The number of rotatable bonds is 1. The van der Waals surface area contributed by atoms with Crippen molar-refractivity contribution >= 4 is 33.7 Å². The third kappa shape index (κ3) is 1.48. The van der Waals surface area contributed by atoms with Crippen LogP contribution in [0.3, 0.4) is 0 Å². The van der Waals surface area contributed by atoms with Crippen LogP contribution in [0.1, 0.15) is 5.50 Å². The minimum Gasteiger partial charge on any atom is -0.361 e. The highest BCUT2D eigenvalue weighted by atomic mass is 32.2. The zero-order chi connectivity index (χ0) is 12.8. The van der Waals surface area contributed by atoms with Gasteiger partial charge in [0.2, 0.25) is 0 Å². The quantitative estimate of drug-likeness (QED) is 0.702. The lowest BCUT2D eigenvalue weighted by atomic mass is 10.2. The van der Waals surface area contributed by atoms with Crippen molar-refractivity contribution in [3.63, 3.8) is 0 Å². The SMILES string of the molecule is O=c1c2nnc3ccccc3c2[nH]n1C1NC=CS1. The van der Waals surface area contributed by atoms with Crippen LogP contribution in [0.2, 0.25) is 0 Å². The van der Waals surface area contributed by atoms with Crippen LogP contribution in [0.15, 0.2) is 40.7 Å². The van der Waals surface area contributed by atoms with Crippen molar-refractivity contribution in [2.45, 2.75) is 5.50 Å². The maximum absolute atomic E-state index is 12.3. The molecule has 0 aliphatic carbocycles. The highest BCUT2D eigenvalue weighted by molar-refractivity contribution is 8.02. The first-order valence-corrected chi connectivity index (χ1v) is 6.71. The van der Waals surface area contributed by atoms with E-state index in [0.29, 0.717) is 5.52 Å². The van der Waals surface area contributed by atoms with Gasteiger partial charge in [0.1, 0.15) is 0 Å². The van der Waals surface area contributed by atoms with Crippen molar-refractivity contribution in [3.8, 4) is 0 Å². The predicted octanol–water partition coefficient (Wildman–Crippen LogP) is 1.54. The third-order valence-corrected chi connectivity index (χ3v) is 3.97. The van der Waals surface area contributed by atoms with Gasteiger partial charge in [-0.1, -0.05) is 30.0 Å². The van der Waals surface area contributed by atoms with Gasteiger partial charge in [-0.3, -0.25) is 9.89 Å². The molecule has 0 spiro atoms. The normalized spacial score (nSPS) is 18.2. The van der Waals surface area contributed by atoms with Crippen LogP contribution in [0.25, 0.3) is 21.9 Å². The molecule has 1 atom stereocenters. The van der Waals surface area contributed by atoms with Crippen molar-refractivity contribution in [2.75, 3.05) is 0 Å². The summed E-state index contributed by atoms with van der Waals surface area (Å²) in [6.07, 6.45) is 1.82. The van der Waals surface area contributed by atoms with Crippen LogP contribution in [0.5, 0.6) is 0 Å². The number of H-pyrrole nitrogens is 1. The van der Waals surface area contributed by atoms with Crippen molar-refractivity contribution < 1.29 is 0 Å². The van der Waals surface area contributed by atoms with E-state index in [1.807, 2.05) is 35.9 Å². The molecule has 7 heteroatoms. The molecule has 94 valence electrons. The van der Waals surface area contributed by atoms with Gasteiger partial charge >= 0.3 is 0 Å². The third-order valence-electron chi connectivity index (χ3n) is 3.07. The van der Waals surface area contributed by atoms with E-state index in [2.05, 4.69) is 20.6 Å². The van der Waals surface area contributed by atoms with E-state index in [-0.39, 0.29) is 11.1 Å². The Morgan fingerprint density at radius 2 is 2.16 bits per heavy atom. The monoisotopic (exact) mass is 271 g/mol. The van der Waals surface area contributed by atoms with E-state index in [0.717, 1.165) is 16.4 Å². The molecule has 1 aliphatic rings. The summed E-state index contributed by atoms with van der Waals surface area (Å²) in [5, 5.41) is 17.1. The largest absolute Gasteiger partial charge is 0.361 e. The van der Waals surface area contributed by atoms with Gasteiger partial charge in [0, 0.05) is 11.6 Å². The number of aromatic amines is 1. The van der Waals surface area contributed by atoms with Gasteiger partial charge in [0.25, 0.3) is 5.56 Å². The number of hydrogen-bond acceptors (Lipinski definition) is 5. The lowest BCUT2D eigenvalue weighted by molar-refractivity contribution is 0.554. The van der Waals surface area contributed by atoms with Gasteiger partial charge in [0.05, 0.1) is 11.0 Å². The predicted molar refractivity (Wildman–Crippen MR) is 74.6 cm³/mol. The number of benzene rings is 1. The van der Waals surface area contributed by atoms with Crippen LogP contribution >= 0.6 is 11.8 Å². The van der Waals surface area contributed by atoms with Crippen LogP contribution in [0, 0.1) is 0 Å². The Hall–Kier alpha value is -2.28. The Labute approximate surface area is 111 Å². The summed E-state index contributed by atoms with van der Waals surface area (Å²) in [5.74, 6) is 0. The molecule has 3 heterocycles. The zero-order valence-corrected chi connectivity index (χ0v) is 10.5. The topological polar surface area (TPSA) is 75.6 Å². The molecule has 1 unspecified atom stereocenters. The molecule has 0 amide bonds. The first-order chi connectivity index (χ1) is 9.34. The Bertz CT molecular complexity index is 857. The number of aromatic nitrogens is 4. The van der Waals surface area contributed by atoms with E-state index in [1.165, 1.54) is 16.4 Å². The van der Waals surface area contributed by atoms with Crippen molar-refractivity contribution in [3.05, 3.63) is 46.2 Å². The fourth-order valence-corrected chi connectivity index (χ4v) is 2.91. The second-order valence-corrected chi connectivity index (χ2v) is 5.18. The summed E-state index contributed by atoms with van der Waals surface area (Å²) in [4.78, 5) is 12.3. The molecule has 1 aliphatic heterocycles. The fourth-order valence-electron chi connectivity index (χ4n) is 2.18. The summed E-state index contributed by atoms with van der Waals surface area (Å²) in [6.45, 7) is 0. The molecule has 6 nitrogen and oxygen atoms in total. The van der Waals surface area contributed by atoms with E-state index < -0.39 is 0 Å². The minimum atomic E-state index is -0.165. The Balaban J connectivity index is 2.05. The molecule has 2 aromatic heterocycles. The lowest BCUT2D eigenvalue weighted by Gasteiger charge is -2.09. The number of hydrogen-bond donors (Lipinski definition) is 2. The summed E-state index contributed by atoms with van der Waals surface area (Å²) < 4.78 is 1.54. The van der Waals surface area contributed by atoms with Gasteiger partial charge in [-0.2, -0.15) is 0 Å². The van der Waals surface area contributed by atoms with Crippen LogP contribution in [-0.2, 0) is 0 Å². The number of nitrogens with zero attached hydrogens (tertiary/aromatic N) is 3. The van der Waals surface area contributed by atoms with Crippen LogP contribution < -0.4 is 10.9 Å². The standard InChI is InChI=1S/C12H9N5OS/c18-11-10-9(16-17(11)12-13-5-6-19-12)7-3-1-2-4-8(7)14-15-10/h1-6,12-13,16H. The maximum atomic E-state index is 12.3. The molecule has 1 aromatic carbocycles. The minimum absolute atomic E-state index is 0.152. The second-order valence-electron chi connectivity index (χ2n) is 4.19. The first-order valence-electron chi connectivity index (χ1n) is 5.77. The lowest BCUT2D eigenvalue weighted by Crippen LogP contribution is -2.26. The molecule has 2 N–H and O–H groups in total. The van der Waals surface area contributed by atoms with Gasteiger partial charge in [-0.25, -0.2) is 4.68 Å². The molecule has 0 saturated carbocycles. The Morgan fingerprint density at radius 3 is 3.00 bits per heavy atom. The average Bonchev–Trinajstić information content (AvgIpc) is 3.07. The molecular formula is C12H9N5OS. The molecule has 3 aromatic rings. The van der Waals surface area contributed by atoms with Gasteiger partial charge < -0.3 is 5.32 Å². The zero-order valence-electron chi connectivity index (χ0n) is 9.70. The highest BCUT2D eigenvalue weighted by Crippen LogP contribution is 2.25. The molecule has 19 heavy (non-hydrogen) atoms. The fraction of sp³-hybridized carbons (Fsp3) is 0.0833. The maximum Gasteiger partial charge on any atom is 0.297 e. The Kier molecular flexibility index (Phi) is 2.16. The van der Waals surface area contributed by atoms with Gasteiger partial charge in [-0.15, -0.1) is 10.2 Å². The molecule has 0 saturated heterocycles. The molecule has 0 bridgehead atoms. The van der Waals surface area contributed by atoms with Crippen molar-refractivity contribution in [1.82, 2.24) is 25.3 Å². The van der Waals surface area contributed by atoms with E-state index in [1.54, 1.807) is 0 Å². The number of thioether (sulfide) groups is 1. The summed E-state index contributed by atoms with van der Waals surface area (Å²) in [7, 11) is 0.